The maximum Gasteiger partial charge on any atom is 0.129 e. The van der Waals surface area contributed by atoms with Crippen LogP contribution in [0.2, 0.25) is 0 Å². The Labute approximate surface area is 138 Å². The molecular formula is C16H19FINO2. The van der Waals surface area contributed by atoms with E-state index in [0.29, 0.717) is 6.61 Å². The molecule has 0 aliphatic carbocycles. The minimum Gasteiger partial charge on any atom is -0.462 e. The number of hydrogen-bond acceptors (Lipinski definition) is 3. The van der Waals surface area contributed by atoms with Crippen molar-refractivity contribution >= 4 is 22.6 Å². The molecule has 0 spiro atoms. The van der Waals surface area contributed by atoms with Gasteiger partial charge < -0.3 is 14.5 Å². The minimum atomic E-state index is -0.225. The Kier molecular flexibility index (Phi) is 6.20. The molecule has 0 saturated carbocycles. The zero-order valence-corrected chi connectivity index (χ0v) is 14.3. The van der Waals surface area contributed by atoms with Gasteiger partial charge in [0.25, 0.3) is 0 Å². The fourth-order valence-electron chi connectivity index (χ4n) is 2.16. The predicted molar refractivity (Wildman–Crippen MR) is 88.7 cm³/mol. The zero-order chi connectivity index (χ0) is 15.2. The lowest BCUT2D eigenvalue weighted by Gasteiger charge is -2.18. The van der Waals surface area contributed by atoms with E-state index >= 15 is 0 Å². The van der Waals surface area contributed by atoms with Crippen molar-refractivity contribution in [2.45, 2.75) is 26.0 Å². The quantitative estimate of drug-likeness (QED) is 0.702. The first kappa shape index (κ1) is 16.5. The molecule has 0 saturated heterocycles. The second-order valence-electron chi connectivity index (χ2n) is 4.79. The standard InChI is InChI=1S/C16H19FINO2/c1-3-8-19-16(13-6-4-11(17)9-14(13)18)15-7-5-12(21-15)10-20-2/h4-7,9,16,19H,3,8,10H2,1-2H3. The molecule has 1 N–H and O–H groups in total. The van der Waals surface area contributed by atoms with Crippen molar-refractivity contribution in [1.29, 1.82) is 0 Å². The SMILES string of the molecule is CCCNC(c1ccc(COC)o1)c1ccc(F)cc1I. The third-order valence-electron chi connectivity index (χ3n) is 3.13. The number of benzene rings is 1. The highest BCUT2D eigenvalue weighted by molar-refractivity contribution is 14.1. The van der Waals surface area contributed by atoms with Gasteiger partial charge in [-0.15, -0.1) is 0 Å². The van der Waals surface area contributed by atoms with Crippen molar-refractivity contribution < 1.29 is 13.5 Å². The molecule has 0 aliphatic heterocycles. The highest BCUT2D eigenvalue weighted by Gasteiger charge is 2.20. The van der Waals surface area contributed by atoms with Gasteiger partial charge in [0.2, 0.25) is 0 Å². The minimum absolute atomic E-state index is 0.0805. The van der Waals surface area contributed by atoms with Gasteiger partial charge in [-0.25, -0.2) is 4.39 Å². The molecule has 2 rings (SSSR count). The Hall–Kier alpha value is -0.920. The summed E-state index contributed by atoms with van der Waals surface area (Å²) >= 11 is 2.16. The number of rotatable bonds is 7. The molecule has 0 radical (unpaired) electrons. The molecule has 0 bridgehead atoms. The Bertz CT molecular complexity index is 585. The summed E-state index contributed by atoms with van der Waals surface area (Å²) in [6.45, 7) is 3.41. The average Bonchev–Trinajstić information content (AvgIpc) is 2.90. The van der Waals surface area contributed by atoms with E-state index in [2.05, 4.69) is 34.8 Å². The molecule has 1 aromatic carbocycles. The van der Waals surface area contributed by atoms with Crippen LogP contribution >= 0.6 is 22.6 Å². The van der Waals surface area contributed by atoms with Crippen molar-refractivity contribution in [1.82, 2.24) is 5.32 Å². The van der Waals surface area contributed by atoms with Crippen LogP contribution in [0.3, 0.4) is 0 Å². The van der Waals surface area contributed by atoms with Gasteiger partial charge in [-0.05, 0) is 65.4 Å². The van der Waals surface area contributed by atoms with Crippen molar-refractivity contribution in [3.8, 4) is 0 Å². The van der Waals surface area contributed by atoms with Gasteiger partial charge in [0.15, 0.2) is 0 Å². The lowest BCUT2D eigenvalue weighted by atomic mass is 10.0. The third kappa shape index (κ3) is 4.28. The van der Waals surface area contributed by atoms with E-state index in [1.165, 1.54) is 12.1 Å². The molecule has 1 heterocycles. The van der Waals surface area contributed by atoms with Crippen molar-refractivity contribution in [3.63, 3.8) is 0 Å². The van der Waals surface area contributed by atoms with Gasteiger partial charge in [0, 0.05) is 10.7 Å². The molecule has 0 aliphatic rings. The van der Waals surface area contributed by atoms with Crippen LogP contribution in [0.25, 0.3) is 0 Å². The highest BCUT2D eigenvalue weighted by atomic mass is 127. The van der Waals surface area contributed by atoms with E-state index < -0.39 is 0 Å². The van der Waals surface area contributed by atoms with Crippen LogP contribution in [-0.2, 0) is 11.3 Å². The first-order valence-electron chi connectivity index (χ1n) is 6.91. The maximum absolute atomic E-state index is 13.3. The monoisotopic (exact) mass is 403 g/mol. The molecular weight excluding hydrogens is 384 g/mol. The van der Waals surface area contributed by atoms with Crippen LogP contribution in [0.5, 0.6) is 0 Å². The lowest BCUT2D eigenvalue weighted by Crippen LogP contribution is -2.23. The number of ether oxygens (including phenoxy) is 1. The maximum atomic E-state index is 13.3. The van der Waals surface area contributed by atoms with Crippen molar-refractivity contribution in [3.05, 3.63) is 56.8 Å². The molecule has 114 valence electrons. The number of hydrogen-bond donors (Lipinski definition) is 1. The van der Waals surface area contributed by atoms with Crippen LogP contribution in [0.4, 0.5) is 4.39 Å². The molecule has 21 heavy (non-hydrogen) atoms. The lowest BCUT2D eigenvalue weighted by molar-refractivity contribution is 0.162. The van der Waals surface area contributed by atoms with Gasteiger partial charge in [-0.2, -0.15) is 0 Å². The van der Waals surface area contributed by atoms with E-state index in [4.69, 9.17) is 9.15 Å². The Morgan fingerprint density at radius 3 is 2.81 bits per heavy atom. The van der Waals surface area contributed by atoms with Crippen LogP contribution < -0.4 is 5.32 Å². The Balaban J connectivity index is 2.32. The smallest absolute Gasteiger partial charge is 0.129 e. The van der Waals surface area contributed by atoms with Crippen LogP contribution in [0.1, 0.15) is 36.5 Å². The highest BCUT2D eigenvalue weighted by Crippen LogP contribution is 2.28. The predicted octanol–water partition coefficient (Wildman–Crippen LogP) is 4.26. The number of furan rings is 1. The third-order valence-corrected chi connectivity index (χ3v) is 4.06. The van der Waals surface area contributed by atoms with Gasteiger partial charge >= 0.3 is 0 Å². The first-order valence-corrected chi connectivity index (χ1v) is 7.99. The van der Waals surface area contributed by atoms with E-state index in [1.807, 2.05) is 18.2 Å². The second kappa shape index (κ2) is 7.91. The number of methoxy groups -OCH3 is 1. The Morgan fingerprint density at radius 1 is 1.33 bits per heavy atom. The van der Waals surface area contributed by atoms with Gasteiger partial charge in [0.1, 0.15) is 23.9 Å². The average molecular weight is 403 g/mol. The molecule has 3 nitrogen and oxygen atoms in total. The molecule has 0 amide bonds. The largest absolute Gasteiger partial charge is 0.462 e. The summed E-state index contributed by atoms with van der Waals surface area (Å²) < 4.78 is 25.1. The fourth-order valence-corrected chi connectivity index (χ4v) is 2.95. The van der Waals surface area contributed by atoms with Gasteiger partial charge in [-0.1, -0.05) is 13.0 Å². The first-order chi connectivity index (χ1) is 10.2. The van der Waals surface area contributed by atoms with Crippen LogP contribution in [0, 0.1) is 9.39 Å². The number of halogens is 2. The fraction of sp³-hybridized carbons (Fsp3) is 0.375. The summed E-state index contributed by atoms with van der Waals surface area (Å²) in [5, 5.41) is 3.46. The summed E-state index contributed by atoms with van der Waals surface area (Å²) in [5.41, 5.74) is 1.02. The Morgan fingerprint density at radius 2 is 2.14 bits per heavy atom. The molecule has 1 aromatic heterocycles. The summed E-state index contributed by atoms with van der Waals surface area (Å²) in [5.74, 6) is 1.38. The topological polar surface area (TPSA) is 34.4 Å². The molecule has 0 fully saturated rings. The summed E-state index contributed by atoms with van der Waals surface area (Å²) in [6, 6.07) is 8.61. The van der Waals surface area contributed by atoms with Gasteiger partial charge in [-0.3, -0.25) is 0 Å². The van der Waals surface area contributed by atoms with E-state index in [-0.39, 0.29) is 11.9 Å². The van der Waals surface area contributed by atoms with Crippen LogP contribution in [-0.4, -0.2) is 13.7 Å². The van der Waals surface area contributed by atoms with Crippen LogP contribution in [0.15, 0.2) is 34.7 Å². The van der Waals surface area contributed by atoms with E-state index in [0.717, 1.165) is 33.6 Å². The second-order valence-corrected chi connectivity index (χ2v) is 5.95. The molecule has 1 atom stereocenters. The summed E-state index contributed by atoms with van der Waals surface area (Å²) in [6.07, 6.45) is 1.01. The summed E-state index contributed by atoms with van der Waals surface area (Å²) in [4.78, 5) is 0. The zero-order valence-electron chi connectivity index (χ0n) is 12.2. The summed E-state index contributed by atoms with van der Waals surface area (Å²) in [7, 11) is 1.64. The molecule has 2 aromatic rings. The van der Waals surface area contributed by atoms with E-state index in [1.54, 1.807) is 7.11 Å². The van der Waals surface area contributed by atoms with E-state index in [9.17, 15) is 4.39 Å². The van der Waals surface area contributed by atoms with Gasteiger partial charge in [0.05, 0.1) is 6.04 Å². The number of nitrogens with one attached hydrogen (secondary N) is 1. The molecule has 1 unspecified atom stereocenters. The van der Waals surface area contributed by atoms with Crippen molar-refractivity contribution in [2.75, 3.05) is 13.7 Å². The normalized spacial score (nSPS) is 12.6. The van der Waals surface area contributed by atoms with Crippen molar-refractivity contribution in [2.24, 2.45) is 0 Å². The molecule has 5 heteroatoms.